The van der Waals surface area contributed by atoms with E-state index in [1.165, 1.54) is 31.2 Å². The Morgan fingerprint density at radius 1 is 1.35 bits per heavy atom. The van der Waals surface area contributed by atoms with Gasteiger partial charge in [-0.25, -0.2) is 12.8 Å². The molecule has 0 saturated carbocycles. The highest BCUT2D eigenvalue weighted by molar-refractivity contribution is 7.92. The van der Waals surface area contributed by atoms with Crippen LogP contribution in [0.3, 0.4) is 0 Å². The molecule has 0 bridgehead atoms. The maximum atomic E-state index is 12.7. The van der Waals surface area contributed by atoms with Gasteiger partial charge in [0.15, 0.2) is 9.84 Å². The van der Waals surface area contributed by atoms with Gasteiger partial charge in [0, 0.05) is 11.8 Å². The zero-order chi connectivity index (χ0) is 13.1. The predicted molar refractivity (Wildman–Crippen MR) is 63.7 cm³/mol. The Balaban J connectivity index is 3.02. The van der Waals surface area contributed by atoms with E-state index in [1.54, 1.807) is 0 Å². The first-order valence-corrected chi connectivity index (χ1v) is 6.97. The monoisotopic (exact) mass is 261 g/mol. The Morgan fingerprint density at radius 3 is 2.29 bits per heavy atom. The lowest BCUT2D eigenvalue weighted by atomic mass is 10.0. The van der Waals surface area contributed by atoms with Gasteiger partial charge >= 0.3 is 0 Å². The summed E-state index contributed by atoms with van der Waals surface area (Å²) >= 11 is 0. The third kappa shape index (κ3) is 3.24. The van der Waals surface area contributed by atoms with Crippen molar-refractivity contribution in [1.29, 1.82) is 0 Å². The molecule has 4 nitrogen and oxygen atoms in total. The van der Waals surface area contributed by atoms with Crippen LogP contribution in [0.4, 0.5) is 4.39 Å². The highest BCUT2D eigenvalue weighted by atomic mass is 32.2. The normalized spacial score (nSPS) is 15.5. The third-order valence-electron chi connectivity index (χ3n) is 2.70. The molecule has 0 spiro atoms. The number of benzene rings is 1. The molecule has 0 aliphatic rings. The van der Waals surface area contributed by atoms with Gasteiger partial charge in [-0.1, -0.05) is 19.1 Å². The van der Waals surface area contributed by atoms with Crippen molar-refractivity contribution in [3.8, 4) is 0 Å². The Hall–Kier alpha value is -0.980. The molecule has 1 rings (SSSR count). The summed E-state index contributed by atoms with van der Waals surface area (Å²) in [6.07, 6.45) is 0. The molecule has 0 unspecified atom stereocenters. The second-order valence-corrected chi connectivity index (χ2v) is 6.26. The first-order valence-electron chi connectivity index (χ1n) is 5.25. The summed E-state index contributed by atoms with van der Waals surface area (Å²) in [6, 6.07) is 4.41. The summed E-state index contributed by atoms with van der Waals surface area (Å²) < 4.78 is 36.1. The molecule has 0 saturated heterocycles. The van der Waals surface area contributed by atoms with E-state index in [0.29, 0.717) is 5.56 Å². The number of hydrogen-bond acceptors (Lipinski definition) is 4. The molecule has 0 heterocycles. The van der Waals surface area contributed by atoms with Crippen LogP contribution in [-0.2, 0) is 9.84 Å². The van der Waals surface area contributed by atoms with E-state index in [-0.39, 0.29) is 5.75 Å². The van der Waals surface area contributed by atoms with Crippen LogP contribution in [0.2, 0.25) is 0 Å². The summed E-state index contributed by atoms with van der Waals surface area (Å²) in [6.45, 7) is 0.949. The van der Waals surface area contributed by atoms with E-state index in [0.717, 1.165) is 0 Å². The highest BCUT2D eigenvalue weighted by Gasteiger charge is 2.30. The van der Waals surface area contributed by atoms with Crippen molar-refractivity contribution in [2.45, 2.75) is 18.2 Å². The molecule has 2 atom stereocenters. The van der Waals surface area contributed by atoms with E-state index in [9.17, 15) is 12.8 Å². The number of sulfone groups is 1. The standard InChI is InChI=1S/C11H16FNO3S/c1-2-17(15,16)10(7-14)11(13)8-3-5-9(12)6-4-8/h3-6,10-11,14H,2,7,13H2,1H3/t10-,11-/m1/s1. The molecule has 6 heteroatoms. The largest absolute Gasteiger partial charge is 0.395 e. The first-order chi connectivity index (χ1) is 7.92. The molecule has 0 fully saturated rings. The van der Waals surface area contributed by atoms with Gasteiger partial charge in [-0.2, -0.15) is 0 Å². The van der Waals surface area contributed by atoms with Crippen LogP contribution in [0.15, 0.2) is 24.3 Å². The van der Waals surface area contributed by atoms with E-state index in [1.807, 2.05) is 0 Å². The number of halogens is 1. The van der Waals surface area contributed by atoms with E-state index in [2.05, 4.69) is 0 Å². The Labute approximate surface area is 100 Å². The van der Waals surface area contributed by atoms with Crippen molar-refractivity contribution in [1.82, 2.24) is 0 Å². The van der Waals surface area contributed by atoms with Crippen molar-refractivity contribution < 1.29 is 17.9 Å². The maximum Gasteiger partial charge on any atom is 0.157 e. The minimum absolute atomic E-state index is 0.0902. The number of nitrogens with two attached hydrogens (primary N) is 1. The molecule has 0 aliphatic heterocycles. The maximum absolute atomic E-state index is 12.7. The molecule has 1 aromatic carbocycles. The van der Waals surface area contributed by atoms with Crippen LogP contribution in [0.25, 0.3) is 0 Å². The van der Waals surface area contributed by atoms with Gasteiger partial charge in [-0.15, -0.1) is 0 Å². The minimum Gasteiger partial charge on any atom is -0.395 e. The van der Waals surface area contributed by atoms with Crippen LogP contribution in [0.5, 0.6) is 0 Å². The molecule has 17 heavy (non-hydrogen) atoms. The Kier molecular flexibility index (Phi) is 4.62. The zero-order valence-corrected chi connectivity index (χ0v) is 10.3. The summed E-state index contributed by atoms with van der Waals surface area (Å²) in [5, 5.41) is 8.09. The van der Waals surface area contributed by atoms with Gasteiger partial charge in [0.25, 0.3) is 0 Å². The molecular formula is C11H16FNO3S. The Morgan fingerprint density at radius 2 is 1.88 bits per heavy atom. The number of aliphatic hydroxyl groups excluding tert-OH is 1. The van der Waals surface area contributed by atoms with Gasteiger partial charge in [0.2, 0.25) is 0 Å². The van der Waals surface area contributed by atoms with Crippen LogP contribution < -0.4 is 5.73 Å². The van der Waals surface area contributed by atoms with Crippen molar-refractivity contribution >= 4 is 9.84 Å². The lowest BCUT2D eigenvalue weighted by Crippen LogP contribution is -2.37. The fourth-order valence-electron chi connectivity index (χ4n) is 1.56. The summed E-state index contributed by atoms with van der Waals surface area (Å²) in [7, 11) is -3.44. The van der Waals surface area contributed by atoms with Crippen molar-refractivity contribution in [3.05, 3.63) is 35.6 Å². The third-order valence-corrected chi connectivity index (χ3v) is 4.87. The highest BCUT2D eigenvalue weighted by Crippen LogP contribution is 2.20. The zero-order valence-electron chi connectivity index (χ0n) is 9.51. The molecule has 1 aromatic rings. The van der Waals surface area contributed by atoms with Crippen molar-refractivity contribution in [2.75, 3.05) is 12.4 Å². The molecule has 0 radical (unpaired) electrons. The van der Waals surface area contributed by atoms with Crippen LogP contribution >= 0.6 is 0 Å². The van der Waals surface area contributed by atoms with Crippen molar-refractivity contribution in [2.24, 2.45) is 5.73 Å². The molecule has 0 aromatic heterocycles. The van der Waals surface area contributed by atoms with Gasteiger partial charge in [-0.3, -0.25) is 0 Å². The average molecular weight is 261 g/mol. The van der Waals surface area contributed by atoms with Crippen molar-refractivity contribution in [3.63, 3.8) is 0 Å². The molecular weight excluding hydrogens is 245 g/mol. The second kappa shape index (κ2) is 5.57. The molecule has 3 N–H and O–H groups in total. The fraction of sp³-hybridized carbons (Fsp3) is 0.455. The summed E-state index contributed by atoms with van der Waals surface area (Å²) in [4.78, 5) is 0. The summed E-state index contributed by atoms with van der Waals surface area (Å²) in [5.41, 5.74) is 6.29. The Bertz CT molecular complexity index is 458. The number of aliphatic hydroxyl groups is 1. The molecule has 0 aliphatic carbocycles. The lowest BCUT2D eigenvalue weighted by molar-refractivity contribution is 0.277. The van der Waals surface area contributed by atoms with Gasteiger partial charge in [0.05, 0.1) is 6.61 Å². The van der Waals surface area contributed by atoms with Gasteiger partial charge in [-0.05, 0) is 17.7 Å². The first kappa shape index (κ1) is 14.1. The van der Waals surface area contributed by atoms with E-state index in [4.69, 9.17) is 10.8 Å². The quantitative estimate of drug-likeness (QED) is 0.814. The summed E-state index contributed by atoms with van der Waals surface area (Å²) in [5.74, 6) is -0.507. The predicted octanol–water partition coefficient (Wildman–Crippen LogP) is 0.621. The number of hydrogen-bond donors (Lipinski definition) is 2. The number of rotatable bonds is 5. The average Bonchev–Trinajstić information content (AvgIpc) is 2.30. The fourth-order valence-corrected chi connectivity index (χ4v) is 2.82. The smallest absolute Gasteiger partial charge is 0.157 e. The van der Waals surface area contributed by atoms with Gasteiger partial charge < -0.3 is 10.8 Å². The lowest BCUT2D eigenvalue weighted by Gasteiger charge is -2.21. The van der Waals surface area contributed by atoms with Crippen LogP contribution in [-0.4, -0.2) is 31.1 Å². The van der Waals surface area contributed by atoms with E-state index >= 15 is 0 Å². The molecule has 96 valence electrons. The molecule has 0 amide bonds. The second-order valence-electron chi connectivity index (χ2n) is 3.75. The SMILES string of the molecule is CCS(=O)(=O)[C@H](CO)[C@H](N)c1ccc(F)cc1. The van der Waals surface area contributed by atoms with Crippen LogP contribution in [0.1, 0.15) is 18.5 Å². The van der Waals surface area contributed by atoms with Crippen LogP contribution in [0, 0.1) is 5.82 Å². The van der Waals surface area contributed by atoms with E-state index < -0.39 is 33.6 Å². The minimum atomic E-state index is -3.44. The topological polar surface area (TPSA) is 80.4 Å². The van der Waals surface area contributed by atoms with Gasteiger partial charge in [0.1, 0.15) is 11.1 Å².